The molecule has 4 rings (SSSR count). The van der Waals surface area contributed by atoms with Gasteiger partial charge in [-0.3, -0.25) is 4.99 Å². The van der Waals surface area contributed by atoms with Gasteiger partial charge in [0.15, 0.2) is 5.96 Å². The molecule has 3 nitrogen and oxygen atoms in total. The fourth-order valence-electron chi connectivity index (χ4n) is 3.88. The largest absolute Gasteiger partial charge is 0.370 e. The molecule has 126 valence electrons. The van der Waals surface area contributed by atoms with Crippen molar-refractivity contribution in [3.8, 4) is 0 Å². The van der Waals surface area contributed by atoms with Crippen LogP contribution in [0.15, 0.2) is 23.2 Å². The first kappa shape index (κ1) is 16.4. The van der Waals surface area contributed by atoms with Gasteiger partial charge < -0.3 is 11.1 Å². The normalized spacial score (nSPS) is 21.3. The van der Waals surface area contributed by atoms with Crippen molar-refractivity contribution in [3.05, 3.63) is 34.2 Å². The van der Waals surface area contributed by atoms with Crippen LogP contribution in [-0.2, 0) is 0 Å². The fraction of sp³-hybridized carbons (Fsp3) is 0.650. The molecular weight excluding hydrogens is 282 g/mol. The number of hydrogen-bond acceptors (Lipinski definition) is 1. The maximum Gasteiger partial charge on any atom is 0.189 e. The highest BCUT2D eigenvalue weighted by atomic mass is 15.1. The molecule has 0 unspecified atom stereocenters. The van der Waals surface area contributed by atoms with Gasteiger partial charge in [-0.2, -0.15) is 0 Å². The van der Waals surface area contributed by atoms with E-state index in [0.29, 0.717) is 18.0 Å². The Labute approximate surface area is 140 Å². The first-order chi connectivity index (χ1) is 11.2. The summed E-state index contributed by atoms with van der Waals surface area (Å²) in [5.41, 5.74) is 7.42. The number of nitrogens with one attached hydrogen (secondary N) is 1. The number of nitrogens with two attached hydrogens (primary N) is 1. The molecule has 0 aromatic heterocycles. The van der Waals surface area contributed by atoms with Gasteiger partial charge in [0.05, 0.1) is 6.04 Å². The van der Waals surface area contributed by atoms with E-state index in [1.165, 1.54) is 80.2 Å². The van der Waals surface area contributed by atoms with Crippen LogP contribution < -0.4 is 11.1 Å². The minimum atomic E-state index is 0.491. The molecule has 0 atom stereocenters. The second-order valence-corrected chi connectivity index (χ2v) is 7.32. The molecule has 23 heavy (non-hydrogen) atoms. The number of benzene rings is 1. The quantitative estimate of drug-likeness (QED) is 0.646. The van der Waals surface area contributed by atoms with Gasteiger partial charge >= 0.3 is 0 Å². The summed E-state index contributed by atoms with van der Waals surface area (Å²) in [6.07, 6.45) is 13.1. The van der Waals surface area contributed by atoms with Crippen LogP contribution in [0.2, 0.25) is 0 Å². The molecule has 2 saturated carbocycles. The smallest absolute Gasteiger partial charge is 0.189 e. The van der Waals surface area contributed by atoms with Gasteiger partial charge in [0, 0.05) is 6.04 Å². The van der Waals surface area contributed by atoms with Crippen molar-refractivity contribution in [1.82, 2.24) is 5.32 Å². The van der Waals surface area contributed by atoms with Gasteiger partial charge in [0.2, 0.25) is 0 Å². The highest BCUT2D eigenvalue weighted by Crippen LogP contribution is 2.20. The van der Waals surface area contributed by atoms with Crippen LogP contribution >= 0.6 is 0 Å². The number of nitrogens with zero attached hydrogens (tertiary/aromatic N) is 1. The molecule has 3 N–H and O–H groups in total. The highest BCUT2D eigenvalue weighted by Gasteiger charge is 2.15. The molecule has 0 aliphatic heterocycles. The van der Waals surface area contributed by atoms with Crippen molar-refractivity contribution in [2.24, 2.45) is 10.7 Å². The Hall–Kier alpha value is -1.51. The van der Waals surface area contributed by atoms with Crippen molar-refractivity contribution >= 4 is 5.96 Å². The number of rotatable bonds is 2. The average Bonchev–Trinajstić information content (AvgIpc) is 2.54. The molecule has 0 bridgehead atoms. The average molecular weight is 313 g/mol. The van der Waals surface area contributed by atoms with Crippen molar-refractivity contribution in [2.75, 3.05) is 0 Å². The lowest BCUT2D eigenvalue weighted by molar-refractivity contribution is 0.407. The van der Waals surface area contributed by atoms with Crippen LogP contribution in [-0.4, -0.2) is 18.0 Å². The second kappa shape index (κ2) is 7.85. The lowest BCUT2D eigenvalue weighted by Crippen LogP contribution is -2.41. The van der Waals surface area contributed by atoms with Gasteiger partial charge in [-0.25, -0.2) is 0 Å². The summed E-state index contributed by atoms with van der Waals surface area (Å²) in [5.74, 6) is 0.693. The Morgan fingerprint density at radius 2 is 1.65 bits per heavy atom. The van der Waals surface area contributed by atoms with E-state index in [1.54, 1.807) is 0 Å². The van der Waals surface area contributed by atoms with E-state index >= 15 is 0 Å². The molecular formula is C20H31N3. The summed E-state index contributed by atoms with van der Waals surface area (Å²) in [7, 11) is 0. The van der Waals surface area contributed by atoms with E-state index in [1.807, 2.05) is 0 Å². The number of aliphatic imine (C=N–C) groups is 1. The van der Waals surface area contributed by atoms with Crippen LogP contribution in [0.1, 0.15) is 69.8 Å². The van der Waals surface area contributed by atoms with E-state index in [-0.39, 0.29) is 0 Å². The minimum absolute atomic E-state index is 0.491. The standard InChI is InChI=1S/C13H25N3.C7H6/c14-13(15-11-7-3-1-4-8-11)16-12-9-5-2-6-10-12;1-5-4-6-2-3-7(5)6/h11-12H,1-10H2,(H3,14,15,16);2-4H,1H3. The van der Waals surface area contributed by atoms with Crippen LogP contribution in [0, 0.1) is 17.4 Å². The maximum absolute atomic E-state index is 5.97. The SMILES string of the molecule is Cc1cc2ccc1=2.NC(=NC1CCCCC1)NC1CCCCC1. The van der Waals surface area contributed by atoms with Crippen molar-refractivity contribution in [3.63, 3.8) is 0 Å². The Bertz CT molecular complexity index is 623. The zero-order valence-electron chi connectivity index (χ0n) is 14.5. The minimum Gasteiger partial charge on any atom is -0.370 e. The predicted molar refractivity (Wildman–Crippen MR) is 97.4 cm³/mol. The van der Waals surface area contributed by atoms with Gasteiger partial charge in [-0.1, -0.05) is 56.7 Å². The molecule has 4 aliphatic rings. The van der Waals surface area contributed by atoms with E-state index < -0.39 is 0 Å². The summed E-state index contributed by atoms with van der Waals surface area (Å²) in [6, 6.07) is 7.58. The van der Waals surface area contributed by atoms with Crippen molar-refractivity contribution in [2.45, 2.75) is 83.2 Å². The molecule has 0 amide bonds. The summed E-state index contributed by atoms with van der Waals surface area (Å²) < 4.78 is 0. The Balaban J connectivity index is 0.000000183. The summed E-state index contributed by atoms with van der Waals surface area (Å²) in [5, 5.41) is 6.31. The van der Waals surface area contributed by atoms with Gasteiger partial charge in [0.25, 0.3) is 0 Å². The van der Waals surface area contributed by atoms with E-state index in [2.05, 4.69) is 35.4 Å². The second-order valence-electron chi connectivity index (χ2n) is 7.32. The van der Waals surface area contributed by atoms with Crippen LogP contribution in [0.4, 0.5) is 0 Å². The molecule has 0 saturated heterocycles. The molecule has 0 radical (unpaired) electrons. The number of guanidine groups is 1. The third-order valence-corrected chi connectivity index (χ3v) is 5.39. The Kier molecular flexibility index (Phi) is 5.58. The van der Waals surface area contributed by atoms with Crippen LogP contribution in [0.25, 0.3) is 0 Å². The van der Waals surface area contributed by atoms with Gasteiger partial charge in [0.1, 0.15) is 0 Å². The monoisotopic (exact) mass is 313 g/mol. The topological polar surface area (TPSA) is 50.4 Å². The van der Waals surface area contributed by atoms with E-state index in [4.69, 9.17) is 5.73 Å². The maximum atomic E-state index is 5.97. The van der Waals surface area contributed by atoms with Crippen molar-refractivity contribution < 1.29 is 0 Å². The van der Waals surface area contributed by atoms with Crippen LogP contribution in [0.3, 0.4) is 0 Å². The van der Waals surface area contributed by atoms with E-state index in [0.717, 1.165) is 0 Å². The fourth-order valence-corrected chi connectivity index (χ4v) is 3.88. The molecule has 0 aromatic rings. The number of aryl methyl sites for hydroxylation is 1. The first-order valence-electron chi connectivity index (χ1n) is 9.43. The highest BCUT2D eigenvalue weighted by molar-refractivity contribution is 5.78. The number of hydrogen-bond donors (Lipinski definition) is 2. The first-order valence-corrected chi connectivity index (χ1v) is 9.43. The molecule has 0 heterocycles. The Morgan fingerprint density at radius 3 is 2.09 bits per heavy atom. The van der Waals surface area contributed by atoms with Gasteiger partial charge in [-0.05, 0) is 48.6 Å². The molecule has 2 fully saturated rings. The third kappa shape index (κ3) is 4.49. The van der Waals surface area contributed by atoms with E-state index in [9.17, 15) is 0 Å². The molecule has 4 aliphatic carbocycles. The van der Waals surface area contributed by atoms with Gasteiger partial charge in [-0.15, -0.1) is 0 Å². The lowest BCUT2D eigenvalue weighted by Gasteiger charge is -2.24. The lowest BCUT2D eigenvalue weighted by atomic mass is 9.95. The van der Waals surface area contributed by atoms with Crippen LogP contribution in [0.5, 0.6) is 0 Å². The zero-order valence-corrected chi connectivity index (χ0v) is 14.5. The summed E-state index contributed by atoms with van der Waals surface area (Å²) >= 11 is 0. The molecule has 3 heteroatoms. The molecule has 0 spiro atoms. The Morgan fingerprint density at radius 1 is 1.00 bits per heavy atom. The summed E-state index contributed by atoms with van der Waals surface area (Å²) in [6.45, 7) is 2.14. The summed E-state index contributed by atoms with van der Waals surface area (Å²) in [4.78, 5) is 4.61. The third-order valence-electron chi connectivity index (χ3n) is 5.39. The molecule has 0 aromatic carbocycles. The van der Waals surface area contributed by atoms with Crippen molar-refractivity contribution in [1.29, 1.82) is 0 Å². The predicted octanol–water partition coefficient (Wildman–Crippen LogP) is 4.15. The zero-order chi connectivity index (χ0) is 16.1.